The average Bonchev–Trinajstić information content (AvgIpc) is 3.06. The first-order valence-electron chi connectivity index (χ1n) is 7.20. The molecule has 1 N–H and O–H groups in total. The van der Waals surface area contributed by atoms with Crippen LogP contribution in [0.25, 0.3) is 0 Å². The quantitative estimate of drug-likeness (QED) is 0.664. The van der Waals surface area contributed by atoms with E-state index in [4.69, 9.17) is 0 Å². The molecule has 2 fully saturated rings. The number of halogens is 1. The van der Waals surface area contributed by atoms with Crippen molar-refractivity contribution in [2.75, 3.05) is 0 Å². The average molecular weight is 335 g/mol. The van der Waals surface area contributed by atoms with Crippen molar-refractivity contribution in [2.45, 2.75) is 32.6 Å². The van der Waals surface area contributed by atoms with Crippen LogP contribution in [0.4, 0.5) is 0 Å². The van der Waals surface area contributed by atoms with Crippen LogP contribution in [-0.4, -0.2) is 12.1 Å². The molecule has 1 aromatic carbocycles. The van der Waals surface area contributed by atoms with Gasteiger partial charge < -0.3 is 0 Å². The van der Waals surface area contributed by atoms with Crippen LogP contribution in [0.15, 0.2) is 33.8 Å². The number of carbonyl (C=O) groups is 1. The first-order valence-corrected chi connectivity index (χ1v) is 7.99. The van der Waals surface area contributed by atoms with E-state index in [9.17, 15) is 4.79 Å². The summed E-state index contributed by atoms with van der Waals surface area (Å²) in [6.07, 6.45) is 6.61. The zero-order valence-corrected chi connectivity index (χ0v) is 13.2. The Balaban J connectivity index is 1.56. The Hall–Kier alpha value is -1.16. The third-order valence-corrected chi connectivity index (χ3v) is 5.40. The number of amides is 1. The molecule has 1 amide bonds. The molecule has 2 saturated carbocycles. The van der Waals surface area contributed by atoms with Crippen molar-refractivity contribution in [3.63, 3.8) is 0 Å². The van der Waals surface area contributed by atoms with E-state index in [0.717, 1.165) is 10.0 Å². The summed E-state index contributed by atoms with van der Waals surface area (Å²) in [5, 5.41) is 4.08. The van der Waals surface area contributed by atoms with Crippen LogP contribution in [0.1, 0.15) is 38.2 Å². The number of benzene rings is 1. The molecule has 3 rings (SSSR count). The summed E-state index contributed by atoms with van der Waals surface area (Å²) >= 11 is 3.39. The molecule has 3 unspecified atom stereocenters. The maximum absolute atomic E-state index is 12.2. The van der Waals surface area contributed by atoms with Crippen molar-refractivity contribution in [3.8, 4) is 0 Å². The van der Waals surface area contributed by atoms with Gasteiger partial charge in [-0.05, 0) is 41.9 Å². The number of rotatable bonds is 3. The van der Waals surface area contributed by atoms with E-state index in [1.54, 1.807) is 6.21 Å². The molecule has 0 bridgehead atoms. The van der Waals surface area contributed by atoms with E-state index in [1.165, 1.54) is 25.7 Å². The Kier molecular flexibility index (Phi) is 3.67. The van der Waals surface area contributed by atoms with E-state index < -0.39 is 0 Å². The van der Waals surface area contributed by atoms with E-state index in [0.29, 0.717) is 5.92 Å². The molecule has 1 aromatic rings. The highest BCUT2D eigenvalue weighted by Crippen LogP contribution is 2.66. The Bertz CT molecular complexity index is 540. The van der Waals surface area contributed by atoms with Gasteiger partial charge in [0.2, 0.25) is 5.91 Å². The molecule has 0 heterocycles. The highest BCUT2D eigenvalue weighted by Gasteiger charge is 2.64. The topological polar surface area (TPSA) is 41.5 Å². The van der Waals surface area contributed by atoms with Crippen molar-refractivity contribution in [1.29, 1.82) is 0 Å². The van der Waals surface area contributed by atoms with Gasteiger partial charge in [-0.3, -0.25) is 4.79 Å². The number of carbonyl (C=O) groups excluding carboxylic acids is 1. The third kappa shape index (κ3) is 2.53. The van der Waals surface area contributed by atoms with Gasteiger partial charge in [0, 0.05) is 10.4 Å². The lowest BCUT2D eigenvalue weighted by molar-refractivity contribution is -0.123. The van der Waals surface area contributed by atoms with Gasteiger partial charge in [0.05, 0.1) is 6.21 Å². The third-order valence-electron chi connectivity index (χ3n) is 4.87. The second-order valence-corrected chi connectivity index (χ2v) is 7.04. The summed E-state index contributed by atoms with van der Waals surface area (Å²) in [5.41, 5.74) is 3.93. The van der Waals surface area contributed by atoms with E-state index >= 15 is 0 Å². The van der Waals surface area contributed by atoms with Crippen LogP contribution >= 0.6 is 15.9 Å². The maximum atomic E-state index is 12.2. The van der Waals surface area contributed by atoms with E-state index in [1.807, 2.05) is 24.3 Å². The molecule has 20 heavy (non-hydrogen) atoms. The predicted molar refractivity (Wildman–Crippen MR) is 83.4 cm³/mol. The fourth-order valence-electron chi connectivity index (χ4n) is 3.64. The van der Waals surface area contributed by atoms with Crippen LogP contribution in [0.5, 0.6) is 0 Å². The van der Waals surface area contributed by atoms with Crippen molar-refractivity contribution in [2.24, 2.45) is 22.4 Å². The van der Waals surface area contributed by atoms with E-state index in [2.05, 4.69) is 33.4 Å². The molecule has 2 aliphatic rings. The normalized spacial score (nSPS) is 31.9. The summed E-state index contributed by atoms with van der Waals surface area (Å²) in [5.74, 6) is 0.846. The second-order valence-electron chi connectivity index (χ2n) is 6.12. The lowest BCUT2D eigenvalue weighted by Crippen LogP contribution is -2.22. The second kappa shape index (κ2) is 5.32. The largest absolute Gasteiger partial charge is 0.273 e. The smallest absolute Gasteiger partial charge is 0.244 e. The SMILES string of the molecule is CC12CCCCC1C2C(=O)N/N=C/c1ccc(Br)cc1. The van der Waals surface area contributed by atoms with Crippen LogP contribution in [0.2, 0.25) is 0 Å². The van der Waals surface area contributed by atoms with Gasteiger partial charge >= 0.3 is 0 Å². The van der Waals surface area contributed by atoms with E-state index in [-0.39, 0.29) is 17.2 Å². The first kappa shape index (κ1) is 13.8. The highest BCUT2D eigenvalue weighted by molar-refractivity contribution is 9.10. The zero-order chi connectivity index (χ0) is 14.2. The lowest BCUT2D eigenvalue weighted by atomic mass is 9.90. The van der Waals surface area contributed by atoms with Gasteiger partial charge in [-0.1, -0.05) is 47.8 Å². The standard InChI is InChI=1S/C16H19BrN2O/c1-16-9-3-2-4-13(16)14(16)15(20)19-18-10-11-5-7-12(17)8-6-11/h5-8,10,13-14H,2-4,9H2,1H3,(H,19,20)/b18-10+. The molecule has 0 aliphatic heterocycles. The molecule has 3 atom stereocenters. The molecule has 0 spiro atoms. The molecule has 0 radical (unpaired) electrons. The van der Waals surface area contributed by atoms with Gasteiger partial charge in [-0.15, -0.1) is 0 Å². The summed E-state index contributed by atoms with van der Waals surface area (Å²) in [6.45, 7) is 2.25. The lowest BCUT2D eigenvalue weighted by Gasteiger charge is -2.15. The van der Waals surface area contributed by atoms with Crippen LogP contribution in [0, 0.1) is 17.3 Å². The van der Waals surface area contributed by atoms with Crippen molar-refractivity contribution >= 4 is 28.1 Å². The zero-order valence-electron chi connectivity index (χ0n) is 11.6. The summed E-state index contributed by atoms with van der Waals surface area (Å²) in [4.78, 5) is 12.2. The van der Waals surface area contributed by atoms with Crippen molar-refractivity contribution < 1.29 is 4.79 Å². The minimum absolute atomic E-state index is 0.0905. The van der Waals surface area contributed by atoms with Crippen LogP contribution < -0.4 is 5.43 Å². The Labute approximate surface area is 128 Å². The van der Waals surface area contributed by atoms with Gasteiger partial charge in [-0.25, -0.2) is 5.43 Å². The number of nitrogens with zero attached hydrogens (tertiary/aromatic N) is 1. The fraction of sp³-hybridized carbons (Fsp3) is 0.500. The van der Waals surface area contributed by atoms with Crippen molar-refractivity contribution in [3.05, 3.63) is 34.3 Å². The Morgan fingerprint density at radius 3 is 2.80 bits per heavy atom. The summed E-state index contributed by atoms with van der Waals surface area (Å²) < 4.78 is 1.04. The predicted octanol–water partition coefficient (Wildman–Crippen LogP) is 3.73. The van der Waals surface area contributed by atoms with Crippen LogP contribution in [-0.2, 0) is 4.79 Å². The first-order chi connectivity index (χ1) is 9.61. The number of fused-ring (bicyclic) bond motifs is 1. The van der Waals surface area contributed by atoms with Gasteiger partial charge in [0.25, 0.3) is 0 Å². The molecule has 0 saturated heterocycles. The number of hydrazone groups is 1. The molecule has 106 valence electrons. The van der Waals surface area contributed by atoms with Gasteiger partial charge in [0.15, 0.2) is 0 Å². The maximum Gasteiger partial charge on any atom is 0.244 e. The summed E-state index contributed by atoms with van der Waals surface area (Å²) in [7, 11) is 0. The van der Waals surface area contributed by atoms with Gasteiger partial charge in [0.1, 0.15) is 0 Å². The Morgan fingerprint density at radius 2 is 2.15 bits per heavy atom. The molecule has 4 heteroatoms. The molecular formula is C16H19BrN2O. The number of hydrogen-bond donors (Lipinski definition) is 1. The Morgan fingerprint density at radius 1 is 1.40 bits per heavy atom. The monoisotopic (exact) mass is 334 g/mol. The summed E-state index contributed by atoms with van der Waals surface area (Å²) in [6, 6.07) is 7.83. The molecule has 3 nitrogen and oxygen atoms in total. The van der Waals surface area contributed by atoms with Crippen LogP contribution in [0.3, 0.4) is 0 Å². The number of nitrogens with one attached hydrogen (secondary N) is 1. The van der Waals surface area contributed by atoms with Crippen molar-refractivity contribution in [1.82, 2.24) is 5.43 Å². The molecular weight excluding hydrogens is 316 g/mol. The minimum Gasteiger partial charge on any atom is -0.273 e. The highest BCUT2D eigenvalue weighted by atomic mass is 79.9. The molecule has 2 aliphatic carbocycles. The molecule has 0 aromatic heterocycles. The minimum atomic E-state index is 0.0905. The fourth-order valence-corrected chi connectivity index (χ4v) is 3.90. The number of hydrogen-bond acceptors (Lipinski definition) is 2. The van der Waals surface area contributed by atoms with Gasteiger partial charge in [-0.2, -0.15) is 5.10 Å².